The number of aliphatic hydroxyl groups excluding tert-OH is 2. The van der Waals surface area contributed by atoms with Gasteiger partial charge in [0, 0.05) is 24.0 Å². The SMILES string of the molecule is Cc1ncccc1C(O)C(O)CN. The van der Waals surface area contributed by atoms with Crippen LogP contribution in [0.2, 0.25) is 0 Å². The molecular formula is C9H14N2O2. The van der Waals surface area contributed by atoms with E-state index in [0.717, 1.165) is 0 Å². The predicted molar refractivity (Wildman–Crippen MR) is 49.0 cm³/mol. The van der Waals surface area contributed by atoms with E-state index in [1.54, 1.807) is 25.3 Å². The number of aliphatic hydroxyl groups is 2. The normalized spacial score (nSPS) is 15.4. The Kier molecular flexibility index (Phi) is 3.36. The van der Waals surface area contributed by atoms with Crippen molar-refractivity contribution in [1.29, 1.82) is 0 Å². The van der Waals surface area contributed by atoms with Gasteiger partial charge in [-0.05, 0) is 13.0 Å². The number of hydrogen-bond donors (Lipinski definition) is 3. The molecule has 1 aromatic rings. The fraction of sp³-hybridized carbons (Fsp3) is 0.444. The van der Waals surface area contributed by atoms with Crippen LogP contribution in [0.15, 0.2) is 18.3 Å². The van der Waals surface area contributed by atoms with Crippen molar-refractivity contribution in [3.8, 4) is 0 Å². The molecule has 13 heavy (non-hydrogen) atoms. The fourth-order valence-corrected chi connectivity index (χ4v) is 1.15. The van der Waals surface area contributed by atoms with Crippen molar-refractivity contribution in [2.45, 2.75) is 19.1 Å². The summed E-state index contributed by atoms with van der Waals surface area (Å²) in [6.45, 7) is 1.82. The van der Waals surface area contributed by atoms with E-state index < -0.39 is 12.2 Å². The summed E-state index contributed by atoms with van der Waals surface area (Å²) in [6, 6.07) is 3.45. The van der Waals surface area contributed by atoms with Crippen molar-refractivity contribution in [1.82, 2.24) is 4.98 Å². The first-order valence-electron chi connectivity index (χ1n) is 4.14. The number of aryl methyl sites for hydroxylation is 1. The second-order valence-electron chi connectivity index (χ2n) is 2.93. The van der Waals surface area contributed by atoms with Crippen molar-refractivity contribution < 1.29 is 10.2 Å². The fourth-order valence-electron chi connectivity index (χ4n) is 1.15. The Labute approximate surface area is 77.0 Å². The zero-order valence-electron chi connectivity index (χ0n) is 7.51. The molecule has 0 radical (unpaired) electrons. The van der Waals surface area contributed by atoms with Crippen LogP contribution < -0.4 is 5.73 Å². The van der Waals surface area contributed by atoms with Crippen molar-refractivity contribution in [2.24, 2.45) is 5.73 Å². The van der Waals surface area contributed by atoms with E-state index in [0.29, 0.717) is 11.3 Å². The quantitative estimate of drug-likeness (QED) is 0.602. The molecule has 0 spiro atoms. The third-order valence-corrected chi connectivity index (χ3v) is 1.97. The van der Waals surface area contributed by atoms with Crippen LogP contribution in [0, 0.1) is 6.92 Å². The van der Waals surface area contributed by atoms with Gasteiger partial charge < -0.3 is 15.9 Å². The lowest BCUT2D eigenvalue weighted by Gasteiger charge is -2.17. The number of hydrogen-bond acceptors (Lipinski definition) is 4. The predicted octanol–water partition coefficient (Wildman–Crippen LogP) is -0.257. The molecule has 1 heterocycles. The van der Waals surface area contributed by atoms with Gasteiger partial charge in [0.1, 0.15) is 6.10 Å². The Morgan fingerprint density at radius 2 is 2.23 bits per heavy atom. The Balaban J connectivity index is 2.88. The molecule has 0 saturated heterocycles. The molecule has 0 aromatic carbocycles. The van der Waals surface area contributed by atoms with Gasteiger partial charge in [-0.3, -0.25) is 4.98 Å². The highest BCUT2D eigenvalue weighted by atomic mass is 16.3. The third-order valence-electron chi connectivity index (χ3n) is 1.97. The summed E-state index contributed by atoms with van der Waals surface area (Å²) >= 11 is 0. The van der Waals surface area contributed by atoms with E-state index in [-0.39, 0.29) is 6.54 Å². The topological polar surface area (TPSA) is 79.4 Å². The molecule has 1 aromatic heterocycles. The highest BCUT2D eigenvalue weighted by Crippen LogP contribution is 2.18. The molecule has 0 bridgehead atoms. The van der Waals surface area contributed by atoms with Crippen molar-refractivity contribution in [2.75, 3.05) is 6.54 Å². The summed E-state index contributed by atoms with van der Waals surface area (Å²) in [5.41, 5.74) is 6.57. The molecular weight excluding hydrogens is 168 g/mol. The minimum atomic E-state index is -0.946. The molecule has 0 amide bonds. The summed E-state index contributed by atoms with van der Waals surface area (Å²) < 4.78 is 0. The van der Waals surface area contributed by atoms with E-state index in [9.17, 15) is 10.2 Å². The van der Waals surface area contributed by atoms with E-state index in [2.05, 4.69) is 4.98 Å². The van der Waals surface area contributed by atoms with Crippen molar-refractivity contribution in [3.05, 3.63) is 29.6 Å². The van der Waals surface area contributed by atoms with Gasteiger partial charge in [0.2, 0.25) is 0 Å². The van der Waals surface area contributed by atoms with Crippen molar-refractivity contribution in [3.63, 3.8) is 0 Å². The van der Waals surface area contributed by atoms with Gasteiger partial charge in [-0.1, -0.05) is 6.07 Å². The average molecular weight is 182 g/mol. The molecule has 0 fully saturated rings. The van der Waals surface area contributed by atoms with Crippen LogP contribution in [-0.2, 0) is 0 Å². The molecule has 0 aliphatic heterocycles. The summed E-state index contributed by atoms with van der Waals surface area (Å²) in [5, 5.41) is 18.9. The Morgan fingerprint density at radius 1 is 1.54 bits per heavy atom. The van der Waals surface area contributed by atoms with E-state index >= 15 is 0 Å². The first-order chi connectivity index (χ1) is 6.16. The van der Waals surface area contributed by atoms with Gasteiger partial charge in [0.25, 0.3) is 0 Å². The second kappa shape index (κ2) is 4.32. The van der Waals surface area contributed by atoms with Crippen LogP contribution in [0.1, 0.15) is 17.4 Å². The summed E-state index contributed by atoms with van der Waals surface area (Å²) in [4.78, 5) is 4.00. The van der Waals surface area contributed by atoms with Gasteiger partial charge in [-0.2, -0.15) is 0 Å². The van der Waals surface area contributed by atoms with E-state index in [1.807, 2.05) is 0 Å². The maximum absolute atomic E-state index is 9.60. The van der Waals surface area contributed by atoms with Gasteiger partial charge in [0.05, 0.1) is 6.10 Å². The molecule has 1 rings (SSSR count). The molecule has 0 aliphatic rings. The van der Waals surface area contributed by atoms with Gasteiger partial charge in [-0.25, -0.2) is 0 Å². The molecule has 4 N–H and O–H groups in total. The first-order valence-corrected chi connectivity index (χ1v) is 4.14. The van der Waals surface area contributed by atoms with Gasteiger partial charge in [0.15, 0.2) is 0 Å². The smallest absolute Gasteiger partial charge is 0.108 e. The summed E-state index contributed by atoms with van der Waals surface area (Å²) in [6.07, 6.45) is -0.234. The van der Waals surface area contributed by atoms with Gasteiger partial charge >= 0.3 is 0 Å². The Morgan fingerprint density at radius 3 is 2.77 bits per heavy atom. The highest BCUT2D eigenvalue weighted by Gasteiger charge is 2.18. The van der Waals surface area contributed by atoms with Crippen LogP contribution in [0.4, 0.5) is 0 Å². The Bertz CT molecular complexity index is 278. The third kappa shape index (κ3) is 2.24. The molecule has 2 unspecified atom stereocenters. The zero-order chi connectivity index (χ0) is 9.84. The lowest BCUT2D eigenvalue weighted by molar-refractivity contribution is 0.0237. The van der Waals surface area contributed by atoms with Crippen molar-refractivity contribution >= 4 is 0 Å². The van der Waals surface area contributed by atoms with E-state index in [4.69, 9.17) is 5.73 Å². The van der Waals surface area contributed by atoms with Crippen LogP contribution in [-0.4, -0.2) is 27.8 Å². The monoisotopic (exact) mass is 182 g/mol. The second-order valence-corrected chi connectivity index (χ2v) is 2.93. The molecule has 0 aliphatic carbocycles. The largest absolute Gasteiger partial charge is 0.389 e. The first kappa shape index (κ1) is 10.1. The number of rotatable bonds is 3. The summed E-state index contributed by atoms with van der Waals surface area (Å²) in [7, 11) is 0. The van der Waals surface area contributed by atoms with Crippen LogP contribution in [0.5, 0.6) is 0 Å². The lowest BCUT2D eigenvalue weighted by Crippen LogP contribution is -2.27. The lowest BCUT2D eigenvalue weighted by atomic mass is 10.0. The van der Waals surface area contributed by atoms with E-state index in [1.165, 1.54) is 0 Å². The molecule has 4 nitrogen and oxygen atoms in total. The summed E-state index contributed by atoms with van der Waals surface area (Å²) in [5.74, 6) is 0. The minimum absolute atomic E-state index is 0.0372. The van der Waals surface area contributed by atoms with Crippen LogP contribution in [0.25, 0.3) is 0 Å². The average Bonchev–Trinajstić information content (AvgIpc) is 2.16. The molecule has 0 saturated carbocycles. The molecule has 4 heteroatoms. The number of pyridine rings is 1. The number of nitrogens with zero attached hydrogens (tertiary/aromatic N) is 1. The number of nitrogens with two attached hydrogens (primary N) is 1. The maximum atomic E-state index is 9.60. The molecule has 72 valence electrons. The van der Waals surface area contributed by atoms with Gasteiger partial charge in [-0.15, -0.1) is 0 Å². The highest BCUT2D eigenvalue weighted by molar-refractivity contribution is 5.21. The minimum Gasteiger partial charge on any atom is -0.389 e. The zero-order valence-corrected chi connectivity index (χ0v) is 7.51. The molecule has 2 atom stereocenters. The standard InChI is InChI=1S/C9H14N2O2/c1-6-7(3-2-4-11-6)9(13)8(12)5-10/h2-4,8-9,12-13H,5,10H2,1H3. The van der Waals surface area contributed by atoms with Crippen LogP contribution in [0.3, 0.4) is 0 Å². The maximum Gasteiger partial charge on any atom is 0.108 e. The van der Waals surface area contributed by atoms with Crippen LogP contribution >= 0.6 is 0 Å². The Hall–Kier alpha value is -0.970. The number of aromatic nitrogens is 1.